The molecule has 0 unspecified atom stereocenters. The second-order valence-electron chi connectivity index (χ2n) is 7.10. The molecule has 154 valence electrons. The highest BCUT2D eigenvalue weighted by Crippen LogP contribution is 2.21. The topological polar surface area (TPSA) is 74.1 Å². The number of esters is 1. The number of benzene rings is 2. The van der Waals surface area contributed by atoms with Crippen LogP contribution in [0.1, 0.15) is 27.4 Å². The highest BCUT2D eigenvalue weighted by Gasteiger charge is 2.17. The van der Waals surface area contributed by atoms with Crippen LogP contribution in [0.5, 0.6) is 0 Å². The maximum Gasteiger partial charge on any atom is 0.331 e. The van der Waals surface area contributed by atoms with E-state index in [2.05, 4.69) is 9.97 Å². The Morgan fingerprint density at radius 2 is 1.71 bits per heavy atom. The third-order valence-electron chi connectivity index (χ3n) is 4.95. The van der Waals surface area contributed by atoms with E-state index in [0.29, 0.717) is 11.3 Å². The van der Waals surface area contributed by atoms with Crippen molar-refractivity contribution >= 4 is 28.9 Å². The zero-order valence-electron chi connectivity index (χ0n) is 17.3. The van der Waals surface area contributed by atoms with E-state index in [9.17, 15) is 9.59 Å². The van der Waals surface area contributed by atoms with Gasteiger partial charge in [0.1, 0.15) is 0 Å². The SMILES string of the molecule is Cc1cc(C(=O)COC(=O)C=Cc2cnc3ccccc3n2)c(C)n1-c1ccccc1. The van der Waals surface area contributed by atoms with Crippen LogP contribution in [0, 0.1) is 13.8 Å². The van der Waals surface area contributed by atoms with Crippen LogP contribution in [-0.2, 0) is 9.53 Å². The average molecular weight is 411 g/mol. The van der Waals surface area contributed by atoms with Crippen molar-refractivity contribution in [3.8, 4) is 5.69 Å². The Kier molecular flexibility index (Phi) is 5.71. The first-order chi connectivity index (χ1) is 15.0. The molecule has 0 amide bonds. The number of fused-ring (bicyclic) bond motifs is 1. The molecule has 6 nitrogen and oxygen atoms in total. The maximum absolute atomic E-state index is 12.7. The standard InChI is InChI=1S/C25H21N3O3/c1-17-14-21(18(2)28(17)20-8-4-3-5-9-20)24(29)16-31-25(30)13-12-19-15-26-22-10-6-7-11-23(22)27-19/h3-15H,16H2,1-2H3. The van der Waals surface area contributed by atoms with Gasteiger partial charge in [-0.2, -0.15) is 0 Å². The number of carbonyl (C=O) groups excluding carboxylic acids is 2. The molecular weight excluding hydrogens is 390 g/mol. The fourth-order valence-electron chi connectivity index (χ4n) is 3.49. The quantitative estimate of drug-likeness (QED) is 0.266. The van der Waals surface area contributed by atoms with E-state index >= 15 is 0 Å². The van der Waals surface area contributed by atoms with E-state index < -0.39 is 5.97 Å². The summed E-state index contributed by atoms with van der Waals surface area (Å²) in [7, 11) is 0. The first-order valence-corrected chi connectivity index (χ1v) is 9.87. The molecule has 4 rings (SSSR count). The second-order valence-corrected chi connectivity index (χ2v) is 7.10. The number of Topliss-reactive ketones (excluding diaryl/α,β-unsaturated/α-hetero) is 1. The van der Waals surface area contributed by atoms with E-state index in [1.165, 1.54) is 12.2 Å². The second kappa shape index (κ2) is 8.75. The number of aromatic nitrogens is 3. The summed E-state index contributed by atoms with van der Waals surface area (Å²) >= 11 is 0. The van der Waals surface area contributed by atoms with Crippen molar-refractivity contribution in [1.82, 2.24) is 14.5 Å². The van der Waals surface area contributed by atoms with Gasteiger partial charge in [0.15, 0.2) is 6.61 Å². The number of aryl methyl sites for hydroxylation is 1. The summed E-state index contributed by atoms with van der Waals surface area (Å²) in [6, 6.07) is 19.1. The Labute approximate surface area is 179 Å². The monoisotopic (exact) mass is 411 g/mol. The molecule has 0 atom stereocenters. The molecule has 6 heteroatoms. The van der Waals surface area contributed by atoms with E-state index in [1.54, 1.807) is 6.20 Å². The minimum Gasteiger partial charge on any atom is -0.454 e. The minimum atomic E-state index is -0.611. The number of ketones is 1. The van der Waals surface area contributed by atoms with Crippen molar-refractivity contribution in [2.45, 2.75) is 13.8 Å². The molecule has 2 heterocycles. The average Bonchev–Trinajstić information content (AvgIpc) is 3.10. The van der Waals surface area contributed by atoms with Gasteiger partial charge in [-0.15, -0.1) is 0 Å². The van der Waals surface area contributed by atoms with Crippen molar-refractivity contribution in [3.05, 3.63) is 95.6 Å². The molecule has 0 bridgehead atoms. The van der Waals surface area contributed by atoms with E-state index in [1.807, 2.05) is 79.1 Å². The van der Waals surface area contributed by atoms with Crippen LogP contribution in [0.15, 0.2) is 72.9 Å². The highest BCUT2D eigenvalue weighted by molar-refractivity contribution is 6.00. The number of hydrogen-bond donors (Lipinski definition) is 0. The Balaban J connectivity index is 1.41. The first kappa shape index (κ1) is 20.2. The van der Waals surface area contributed by atoms with Gasteiger partial charge in [-0.3, -0.25) is 9.78 Å². The smallest absolute Gasteiger partial charge is 0.331 e. The third-order valence-corrected chi connectivity index (χ3v) is 4.95. The summed E-state index contributed by atoms with van der Waals surface area (Å²) in [5, 5.41) is 0. The van der Waals surface area contributed by atoms with Crippen molar-refractivity contribution < 1.29 is 14.3 Å². The summed E-state index contributed by atoms with van der Waals surface area (Å²) in [6.45, 7) is 3.50. The van der Waals surface area contributed by atoms with Crippen molar-refractivity contribution in [3.63, 3.8) is 0 Å². The molecule has 0 aliphatic heterocycles. The molecule has 31 heavy (non-hydrogen) atoms. The molecule has 0 saturated carbocycles. The molecule has 2 aromatic heterocycles. The molecule has 0 aliphatic carbocycles. The Morgan fingerprint density at radius 1 is 1.00 bits per heavy atom. The number of para-hydroxylation sites is 3. The summed E-state index contributed by atoms with van der Waals surface area (Å²) in [5.41, 5.74) is 5.32. The van der Waals surface area contributed by atoms with Crippen LogP contribution in [0.4, 0.5) is 0 Å². The zero-order chi connectivity index (χ0) is 21.8. The van der Waals surface area contributed by atoms with Gasteiger partial charge < -0.3 is 9.30 Å². The van der Waals surface area contributed by atoms with Crippen LogP contribution >= 0.6 is 0 Å². The first-order valence-electron chi connectivity index (χ1n) is 9.87. The minimum absolute atomic E-state index is 0.248. The predicted molar refractivity (Wildman–Crippen MR) is 119 cm³/mol. The lowest BCUT2D eigenvalue weighted by molar-refractivity contribution is -0.136. The zero-order valence-corrected chi connectivity index (χ0v) is 17.3. The molecule has 2 aromatic carbocycles. The fraction of sp³-hybridized carbons (Fsp3) is 0.120. The summed E-state index contributed by atoms with van der Waals surface area (Å²) in [5.74, 6) is -0.859. The Hall–Kier alpha value is -4.06. The van der Waals surface area contributed by atoms with Gasteiger partial charge in [0.25, 0.3) is 0 Å². The summed E-state index contributed by atoms with van der Waals surface area (Å²) in [4.78, 5) is 33.4. The predicted octanol–water partition coefficient (Wildman–Crippen LogP) is 4.48. The number of hydrogen-bond acceptors (Lipinski definition) is 5. The van der Waals surface area contributed by atoms with Gasteiger partial charge in [0.2, 0.25) is 5.78 Å². The van der Waals surface area contributed by atoms with Gasteiger partial charge in [-0.05, 0) is 50.3 Å². The number of ether oxygens (including phenoxy) is 1. The van der Waals surface area contributed by atoms with Gasteiger partial charge in [0, 0.05) is 28.7 Å². The molecular formula is C25H21N3O3. The van der Waals surface area contributed by atoms with E-state index in [-0.39, 0.29) is 12.4 Å². The molecule has 0 fully saturated rings. The van der Waals surface area contributed by atoms with Gasteiger partial charge >= 0.3 is 5.97 Å². The summed E-state index contributed by atoms with van der Waals surface area (Å²) in [6.07, 6.45) is 4.35. The van der Waals surface area contributed by atoms with E-state index in [4.69, 9.17) is 4.74 Å². The van der Waals surface area contributed by atoms with Crippen molar-refractivity contribution in [2.75, 3.05) is 6.61 Å². The lowest BCUT2D eigenvalue weighted by atomic mass is 10.1. The van der Waals surface area contributed by atoms with Gasteiger partial charge in [-0.25, -0.2) is 9.78 Å². The third kappa shape index (κ3) is 4.43. The Bertz CT molecular complexity index is 1290. The van der Waals surface area contributed by atoms with E-state index in [0.717, 1.165) is 28.1 Å². The molecule has 0 aliphatic rings. The van der Waals surface area contributed by atoms with Crippen LogP contribution in [0.2, 0.25) is 0 Å². The molecule has 4 aromatic rings. The van der Waals surface area contributed by atoms with Crippen molar-refractivity contribution in [1.29, 1.82) is 0 Å². The fourth-order valence-corrected chi connectivity index (χ4v) is 3.49. The van der Waals surface area contributed by atoms with Crippen molar-refractivity contribution in [2.24, 2.45) is 0 Å². The summed E-state index contributed by atoms with van der Waals surface area (Å²) < 4.78 is 7.15. The number of carbonyl (C=O) groups is 2. The van der Waals surface area contributed by atoms with Crippen LogP contribution in [-0.4, -0.2) is 32.9 Å². The molecule has 0 saturated heterocycles. The Morgan fingerprint density at radius 3 is 2.48 bits per heavy atom. The largest absolute Gasteiger partial charge is 0.454 e. The van der Waals surface area contributed by atoms with Gasteiger partial charge in [-0.1, -0.05) is 30.3 Å². The number of rotatable bonds is 6. The lowest BCUT2D eigenvalue weighted by Gasteiger charge is -2.09. The van der Waals surface area contributed by atoms with Gasteiger partial charge in [0.05, 0.1) is 22.9 Å². The van der Waals surface area contributed by atoms with Crippen LogP contribution < -0.4 is 0 Å². The molecule has 0 N–H and O–H groups in total. The molecule has 0 radical (unpaired) electrons. The van der Waals surface area contributed by atoms with Crippen LogP contribution in [0.25, 0.3) is 22.8 Å². The molecule has 0 spiro atoms. The highest BCUT2D eigenvalue weighted by atomic mass is 16.5. The maximum atomic E-state index is 12.7. The van der Waals surface area contributed by atoms with Crippen LogP contribution in [0.3, 0.4) is 0 Å². The lowest BCUT2D eigenvalue weighted by Crippen LogP contribution is -2.13. The normalized spacial score (nSPS) is 11.2. The number of nitrogens with zero attached hydrogens (tertiary/aromatic N) is 3.